The van der Waals surface area contributed by atoms with Crippen LogP contribution < -0.4 is 5.32 Å². The summed E-state index contributed by atoms with van der Waals surface area (Å²) in [7, 11) is 0. The molecule has 4 saturated heterocycles. The van der Waals surface area contributed by atoms with Crippen LogP contribution in [0.25, 0.3) is 0 Å². The van der Waals surface area contributed by atoms with E-state index in [1.54, 1.807) is 42.5 Å². The first kappa shape index (κ1) is 55.9. The van der Waals surface area contributed by atoms with Crippen LogP contribution in [0, 0.1) is 0 Å². The minimum atomic E-state index is -0.755. The zero-order chi connectivity index (χ0) is 50.8. The molecule has 0 radical (unpaired) electrons. The quantitative estimate of drug-likeness (QED) is 0.0415. The van der Waals surface area contributed by atoms with Crippen molar-refractivity contribution in [2.24, 2.45) is 0 Å². The van der Waals surface area contributed by atoms with E-state index in [0.29, 0.717) is 93.7 Å². The normalized spacial score (nSPS) is 29.8. The molecule has 0 saturated carbocycles. The third-order valence-electron chi connectivity index (χ3n) is 14.5. The van der Waals surface area contributed by atoms with Crippen molar-refractivity contribution in [1.29, 1.82) is 0 Å². The molecule has 14 atom stereocenters. The van der Waals surface area contributed by atoms with Gasteiger partial charge >= 0.3 is 0 Å². The monoisotopic (exact) mass is 1010 g/mol. The fraction of sp³-hybridized carbons (Fsp3) is 0.667. The number of aliphatic hydroxyl groups is 2. The minimum Gasteiger partial charge on any atom is -0.507 e. The molecule has 0 aliphatic carbocycles. The molecule has 15 heteroatoms. The zero-order valence-electron chi connectivity index (χ0n) is 42.8. The van der Waals surface area contributed by atoms with Crippen molar-refractivity contribution in [2.45, 2.75) is 235 Å². The van der Waals surface area contributed by atoms with Gasteiger partial charge in [0.05, 0.1) is 67.6 Å². The number of hydrogen-bond donors (Lipinski definition) is 6. The van der Waals surface area contributed by atoms with Gasteiger partial charge in [0.15, 0.2) is 25.2 Å². The van der Waals surface area contributed by atoms with Crippen LogP contribution in [-0.4, -0.2) is 105 Å². The number of nitrogens with one attached hydrogen (secondary N) is 1. The molecule has 0 aromatic heterocycles. The van der Waals surface area contributed by atoms with E-state index >= 15 is 0 Å². The molecule has 0 spiro atoms. The van der Waals surface area contributed by atoms with Gasteiger partial charge in [-0.25, -0.2) is 0 Å². The Balaban J connectivity index is 0.891. The summed E-state index contributed by atoms with van der Waals surface area (Å²) >= 11 is 0. The first-order valence-corrected chi connectivity index (χ1v) is 27.1. The smallest absolute Gasteiger partial charge is 0.220 e. The number of carbonyl (C=O) groups excluding carboxylic acids is 1. The molecule has 6 N–H and O–H groups in total. The van der Waals surface area contributed by atoms with Gasteiger partial charge in [0.1, 0.15) is 17.2 Å². The summed E-state index contributed by atoms with van der Waals surface area (Å²) in [4.78, 5) is 12.7. The van der Waals surface area contributed by atoms with E-state index < -0.39 is 37.4 Å². The molecular formula is C57H83NO14. The number of rotatable bonds is 26. The van der Waals surface area contributed by atoms with E-state index in [2.05, 4.69) is 19.2 Å². The number of amides is 1. The van der Waals surface area contributed by atoms with Gasteiger partial charge in [-0.2, -0.15) is 0 Å². The molecule has 4 aliphatic rings. The van der Waals surface area contributed by atoms with Crippen LogP contribution in [0.1, 0.15) is 185 Å². The lowest BCUT2D eigenvalue weighted by Crippen LogP contribution is -2.45. The van der Waals surface area contributed by atoms with Gasteiger partial charge in [-0.05, 0) is 115 Å². The summed E-state index contributed by atoms with van der Waals surface area (Å²) in [5.41, 5.74) is 1.78. The number of carbonyl (C=O) groups is 1. The van der Waals surface area contributed by atoms with E-state index in [0.717, 1.165) is 51.4 Å². The summed E-state index contributed by atoms with van der Waals surface area (Å²) in [5.74, 6) is 0.351. The number of benzene rings is 3. The molecule has 3 aromatic rings. The number of hydrogen-bond acceptors (Lipinski definition) is 14. The minimum absolute atomic E-state index is 0.0219. The van der Waals surface area contributed by atoms with Crippen molar-refractivity contribution in [1.82, 2.24) is 5.32 Å². The van der Waals surface area contributed by atoms with Gasteiger partial charge in [0.25, 0.3) is 0 Å². The number of unbranched alkanes of at least 4 members (excludes halogenated alkanes) is 2. The maximum absolute atomic E-state index is 12.7. The summed E-state index contributed by atoms with van der Waals surface area (Å²) < 4.78 is 50.6. The van der Waals surface area contributed by atoms with E-state index in [9.17, 15) is 30.3 Å². The fourth-order valence-electron chi connectivity index (χ4n) is 10.6. The molecule has 7 rings (SSSR count). The van der Waals surface area contributed by atoms with Gasteiger partial charge in [-0.1, -0.05) is 81.3 Å². The summed E-state index contributed by atoms with van der Waals surface area (Å²) in [5, 5.41) is 57.3. The maximum atomic E-state index is 12.7. The van der Waals surface area contributed by atoms with Crippen LogP contribution in [0.5, 0.6) is 17.2 Å². The van der Waals surface area contributed by atoms with Crippen molar-refractivity contribution in [3.8, 4) is 17.2 Å². The molecule has 4 heterocycles. The average Bonchev–Trinajstić information content (AvgIpc) is 3.36. The standard InChI is InChI=1S/C57H83NO14/c1-4-6-7-29-53(64)58-36-54-66-41(21-16-22-42-33-40(5-2)68-56(69-42)48-24-9-12-27-51(48)62)35-46(67-54)32-39(60)18-15-20-44-34-43(70-57(71-44)49-25-10-13-28-52(49)63)19-14-17-38(59)31-45-30-37(3)65-55(72-45)47-23-8-11-26-50(47)61/h8-13,23-28,37-46,54-57,59-63H,4-7,14-22,29-36H2,1-3H3,(H,58,64)/t37-,38?,39?,40?,41?,42?,43?,44?,45?,46?,54?,55?,56?,57?/m0/s1. The van der Waals surface area contributed by atoms with E-state index in [1.807, 2.05) is 37.3 Å². The molecule has 400 valence electrons. The topological polar surface area (TPSA) is 204 Å². The second-order valence-corrected chi connectivity index (χ2v) is 20.5. The Morgan fingerprint density at radius 2 is 0.944 bits per heavy atom. The summed E-state index contributed by atoms with van der Waals surface area (Å²) in [6.45, 7) is 6.43. The molecule has 3 aromatic carbocycles. The average molecular weight is 1010 g/mol. The Labute approximate surface area is 426 Å². The zero-order valence-corrected chi connectivity index (χ0v) is 42.8. The third kappa shape index (κ3) is 17.4. The second kappa shape index (κ2) is 28.7. The Morgan fingerprint density at radius 1 is 0.528 bits per heavy atom. The number of phenolic OH excluding ortho intramolecular Hbond substituents is 3. The van der Waals surface area contributed by atoms with Crippen LogP contribution in [-0.2, 0) is 42.7 Å². The number of aliphatic hydroxyl groups excluding tert-OH is 2. The Hall–Kier alpha value is -3.87. The van der Waals surface area contributed by atoms with E-state index in [1.165, 1.54) is 0 Å². The van der Waals surface area contributed by atoms with Crippen LogP contribution in [0.15, 0.2) is 72.8 Å². The largest absolute Gasteiger partial charge is 0.507 e. The maximum Gasteiger partial charge on any atom is 0.220 e. The first-order valence-electron chi connectivity index (χ1n) is 27.1. The van der Waals surface area contributed by atoms with Crippen LogP contribution >= 0.6 is 0 Å². The van der Waals surface area contributed by atoms with E-state index in [4.69, 9.17) is 37.9 Å². The molecule has 4 aliphatic heterocycles. The van der Waals surface area contributed by atoms with Crippen molar-refractivity contribution in [3.63, 3.8) is 0 Å². The van der Waals surface area contributed by atoms with Crippen molar-refractivity contribution < 1.29 is 68.2 Å². The Bertz CT molecular complexity index is 2060. The second-order valence-electron chi connectivity index (χ2n) is 20.5. The van der Waals surface area contributed by atoms with Crippen LogP contribution in [0.3, 0.4) is 0 Å². The number of phenols is 3. The fourth-order valence-corrected chi connectivity index (χ4v) is 10.6. The van der Waals surface area contributed by atoms with Crippen LogP contribution in [0.2, 0.25) is 0 Å². The van der Waals surface area contributed by atoms with Crippen LogP contribution in [0.4, 0.5) is 0 Å². The first-order chi connectivity index (χ1) is 34.9. The molecule has 13 unspecified atom stereocenters. The summed E-state index contributed by atoms with van der Waals surface area (Å²) in [6, 6.07) is 21.2. The Kier molecular flexibility index (Phi) is 22.3. The predicted octanol–water partition coefficient (Wildman–Crippen LogP) is 10.4. The molecule has 4 fully saturated rings. The lowest BCUT2D eigenvalue weighted by molar-refractivity contribution is -0.253. The molecule has 1 amide bonds. The molecular weight excluding hydrogens is 923 g/mol. The highest BCUT2D eigenvalue weighted by molar-refractivity contribution is 5.75. The number of ether oxygens (including phenoxy) is 8. The highest BCUT2D eigenvalue weighted by atomic mass is 16.7. The van der Waals surface area contributed by atoms with Crippen molar-refractivity contribution >= 4 is 5.91 Å². The van der Waals surface area contributed by atoms with Gasteiger partial charge in [0.2, 0.25) is 5.91 Å². The van der Waals surface area contributed by atoms with Crippen molar-refractivity contribution in [3.05, 3.63) is 89.5 Å². The van der Waals surface area contributed by atoms with Gasteiger partial charge in [-0.15, -0.1) is 0 Å². The van der Waals surface area contributed by atoms with E-state index in [-0.39, 0.29) is 78.5 Å². The van der Waals surface area contributed by atoms with Gasteiger partial charge < -0.3 is 68.7 Å². The van der Waals surface area contributed by atoms with Gasteiger partial charge in [-0.3, -0.25) is 4.79 Å². The lowest BCUT2D eigenvalue weighted by Gasteiger charge is -2.38. The lowest BCUT2D eigenvalue weighted by atomic mass is 9.95. The molecule has 72 heavy (non-hydrogen) atoms. The van der Waals surface area contributed by atoms with Gasteiger partial charge in [0, 0.05) is 42.4 Å². The predicted molar refractivity (Wildman–Crippen MR) is 270 cm³/mol. The highest BCUT2D eigenvalue weighted by Gasteiger charge is 2.37. The van der Waals surface area contributed by atoms with Crippen molar-refractivity contribution in [2.75, 3.05) is 6.54 Å². The summed E-state index contributed by atoms with van der Waals surface area (Å²) in [6.07, 6.45) is 8.98. The SMILES string of the molecule is CCCCCC(=O)NCC1OC(CCCC2CC(CC)OC(c3ccccc3O)O2)CC(CC(O)CCCC2CC(CCCC(O)CC3C[C@H](C)OC(c4ccccc4O)O3)OC(c3ccccc3O)O2)O1. The third-order valence-corrected chi connectivity index (χ3v) is 14.5. The number of para-hydroxylation sites is 3. The highest BCUT2D eigenvalue weighted by Crippen LogP contribution is 2.40. The molecule has 15 nitrogen and oxygen atoms in total. The molecule has 0 bridgehead atoms. The number of aromatic hydroxyl groups is 3. The Morgan fingerprint density at radius 3 is 1.46 bits per heavy atom.